The highest BCUT2D eigenvalue weighted by Crippen LogP contribution is 2.17. The molecule has 1 saturated heterocycles. The van der Waals surface area contributed by atoms with Crippen molar-refractivity contribution in [2.75, 3.05) is 57.1 Å². The van der Waals surface area contributed by atoms with Gasteiger partial charge in [0.2, 0.25) is 5.95 Å². The van der Waals surface area contributed by atoms with Gasteiger partial charge in [-0.2, -0.15) is 0 Å². The molecule has 0 bridgehead atoms. The molecule has 0 aromatic carbocycles. The van der Waals surface area contributed by atoms with E-state index in [0.717, 1.165) is 48.9 Å². The number of piperazine rings is 1. The van der Waals surface area contributed by atoms with Gasteiger partial charge in [-0.25, -0.2) is 15.0 Å². The molecule has 0 unspecified atom stereocenters. The predicted molar refractivity (Wildman–Crippen MR) is 102 cm³/mol. The number of aromatic nitrogens is 3. The first-order valence-electron chi connectivity index (χ1n) is 8.26. The van der Waals surface area contributed by atoms with Crippen molar-refractivity contribution in [2.24, 2.45) is 4.99 Å². The Hall–Kier alpha value is -2.42. The van der Waals surface area contributed by atoms with Crippen LogP contribution in [0.15, 0.2) is 28.8 Å². The molecule has 0 spiro atoms. The lowest BCUT2D eigenvalue weighted by Crippen LogP contribution is -2.52. The van der Waals surface area contributed by atoms with Gasteiger partial charge in [0.15, 0.2) is 11.1 Å². The third-order valence-corrected chi connectivity index (χ3v) is 5.03. The minimum absolute atomic E-state index is 0.680. The van der Waals surface area contributed by atoms with Crippen LogP contribution in [0.4, 0.5) is 11.1 Å². The number of hydrogen-bond acceptors (Lipinski definition) is 7. The second-order valence-electron chi connectivity index (χ2n) is 5.94. The van der Waals surface area contributed by atoms with Crippen molar-refractivity contribution in [1.82, 2.24) is 25.2 Å². The quantitative estimate of drug-likeness (QED) is 0.641. The van der Waals surface area contributed by atoms with Crippen molar-refractivity contribution in [1.29, 1.82) is 0 Å². The summed E-state index contributed by atoms with van der Waals surface area (Å²) in [6.07, 6.45) is 3.57. The highest BCUT2D eigenvalue weighted by molar-refractivity contribution is 7.13. The average Bonchev–Trinajstić information content (AvgIpc) is 3.13. The molecule has 0 saturated carbocycles. The molecule has 0 aliphatic carbocycles. The number of nitrogens with one attached hydrogen (secondary N) is 1. The van der Waals surface area contributed by atoms with Crippen LogP contribution >= 0.6 is 11.3 Å². The van der Waals surface area contributed by atoms with Crippen molar-refractivity contribution in [3.63, 3.8) is 0 Å². The molecular formula is C16H24N8S. The molecule has 2 aromatic heterocycles. The van der Waals surface area contributed by atoms with E-state index in [1.165, 1.54) is 0 Å². The van der Waals surface area contributed by atoms with Gasteiger partial charge in [0.05, 0.1) is 12.2 Å². The van der Waals surface area contributed by atoms with Gasteiger partial charge in [0, 0.05) is 65.1 Å². The molecule has 1 aliphatic heterocycles. The molecule has 134 valence electrons. The van der Waals surface area contributed by atoms with Crippen molar-refractivity contribution < 1.29 is 0 Å². The molecule has 2 aromatic rings. The fourth-order valence-corrected chi connectivity index (χ4v) is 3.42. The second-order valence-corrected chi connectivity index (χ2v) is 6.78. The van der Waals surface area contributed by atoms with Gasteiger partial charge in [-0.1, -0.05) is 0 Å². The van der Waals surface area contributed by atoms with Gasteiger partial charge in [0.25, 0.3) is 0 Å². The maximum atomic E-state index is 4.60. The third-order valence-electron chi connectivity index (χ3n) is 3.98. The molecule has 0 radical (unpaired) electrons. The Labute approximate surface area is 152 Å². The summed E-state index contributed by atoms with van der Waals surface area (Å²) >= 11 is 1.65. The van der Waals surface area contributed by atoms with Crippen LogP contribution in [0.25, 0.3) is 0 Å². The van der Waals surface area contributed by atoms with Gasteiger partial charge in [-0.15, -0.1) is 11.3 Å². The number of rotatable bonds is 4. The smallest absolute Gasteiger partial charge is 0.225 e. The fraction of sp³-hybridized carbons (Fsp3) is 0.500. The number of nitrogens with zero attached hydrogens (tertiary/aromatic N) is 7. The lowest BCUT2D eigenvalue weighted by Gasteiger charge is -2.36. The van der Waals surface area contributed by atoms with Crippen molar-refractivity contribution in [3.8, 4) is 0 Å². The molecule has 0 amide bonds. The van der Waals surface area contributed by atoms with E-state index in [1.807, 2.05) is 32.1 Å². The largest absolute Gasteiger partial charge is 0.354 e. The lowest BCUT2D eigenvalue weighted by atomic mass is 10.3. The summed E-state index contributed by atoms with van der Waals surface area (Å²) in [5.41, 5.74) is 1.03. The number of anilines is 2. The van der Waals surface area contributed by atoms with Gasteiger partial charge >= 0.3 is 0 Å². The predicted octanol–water partition coefficient (Wildman–Crippen LogP) is 0.897. The zero-order valence-corrected chi connectivity index (χ0v) is 15.7. The van der Waals surface area contributed by atoms with E-state index in [-0.39, 0.29) is 0 Å². The highest BCUT2D eigenvalue weighted by Gasteiger charge is 2.21. The molecular weight excluding hydrogens is 336 g/mol. The maximum absolute atomic E-state index is 4.60. The summed E-state index contributed by atoms with van der Waals surface area (Å²) < 4.78 is 0. The molecule has 25 heavy (non-hydrogen) atoms. The van der Waals surface area contributed by atoms with E-state index in [0.29, 0.717) is 6.54 Å². The first kappa shape index (κ1) is 17.4. The molecule has 0 atom stereocenters. The second kappa shape index (κ2) is 8.11. The summed E-state index contributed by atoms with van der Waals surface area (Å²) in [5.74, 6) is 1.71. The zero-order chi connectivity index (χ0) is 17.6. The summed E-state index contributed by atoms with van der Waals surface area (Å²) in [7, 11) is 5.83. The van der Waals surface area contributed by atoms with E-state index in [2.05, 4.69) is 40.4 Å². The van der Waals surface area contributed by atoms with Crippen LogP contribution in [0.2, 0.25) is 0 Å². The van der Waals surface area contributed by atoms with Crippen LogP contribution in [0.1, 0.15) is 5.69 Å². The molecule has 1 aliphatic rings. The summed E-state index contributed by atoms with van der Waals surface area (Å²) in [4.78, 5) is 24.1. The van der Waals surface area contributed by atoms with Gasteiger partial charge < -0.3 is 20.0 Å². The Morgan fingerprint density at radius 3 is 2.56 bits per heavy atom. The number of guanidine groups is 1. The Bertz CT molecular complexity index is 691. The summed E-state index contributed by atoms with van der Waals surface area (Å²) in [6.45, 7) is 4.22. The molecule has 8 nitrogen and oxygen atoms in total. The SMILES string of the molecule is CN=C(NCc1csc(N(C)C)n1)N1CCN(c2ncccn2)CC1. The number of hydrogen-bond donors (Lipinski definition) is 1. The van der Waals surface area contributed by atoms with Crippen LogP contribution in [0.3, 0.4) is 0 Å². The topological polar surface area (TPSA) is 72.8 Å². The third kappa shape index (κ3) is 4.36. The van der Waals surface area contributed by atoms with E-state index < -0.39 is 0 Å². The van der Waals surface area contributed by atoms with Crippen molar-refractivity contribution in [2.45, 2.75) is 6.54 Å². The molecule has 3 heterocycles. The minimum atomic E-state index is 0.680. The molecule has 9 heteroatoms. The Balaban J connectivity index is 1.52. The highest BCUT2D eigenvalue weighted by atomic mass is 32.1. The minimum Gasteiger partial charge on any atom is -0.354 e. The normalized spacial score (nSPS) is 15.4. The van der Waals surface area contributed by atoms with Crippen LogP contribution in [-0.2, 0) is 6.54 Å². The summed E-state index contributed by atoms with van der Waals surface area (Å²) in [5, 5.41) is 6.51. The van der Waals surface area contributed by atoms with Crippen LogP contribution < -0.4 is 15.1 Å². The van der Waals surface area contributed by atoms with Gasteiger partial charge in [-0.3, -0.25) is 4.99 Å². The van der Waals surface area contributed by atoms with Gasteiger partial charge in [-0.05, 0) is 6.07 Å². The monoisotopic (exact) mass is 360 g/mol. The van der Waals surface area contributed by atoms with Gasteiger partial charge in [0.1, 0.15) is 0 Å². The maximum Gasteiger partial charge on any atom is 0.225 e. The van der Waals surface area contributed by atoms with Crippen LogP contribution in [-0.4, -0.2) is 73.1 Å². The number of thiazole rings is 1. The molecule has 3 rings (SSSR count). The van der Waals surface area contributed by atoms with E-state index in [9.17, 15) is 0 Å². The summed E-state index contributed by atoms with van der Waals surface area (Å²) in [6, 6.07) is 1.84. The Morgan fingerprint density at radius 1 is 1.24 bits per heavy atom. The van der Waals surface area contributed by atoms with Crippen LogP contribution in [0, 0.1) is 0 Å². The van der Waals surface area contributed by atoms with Crippen molar-refractivity contribution in [3.05, 3.63) is 29.5 Å². The zero-order valence-electron chi connectivity index (χ0n) is 14.9. The standard InChI is InChI=1S/C16H24N8S/c1-17-14(20-11-13-12-25-16(21-13)22(2)3)23-7-9-24(10-8-23)15-18-5-4-6-19-15/h4-6,12H,7-11H2,1-3H3,(H,17,20). The first-order valence-corrected chi connectivity index (χ1v) is 9.14. The molecule has 1 N–H and O–H groups in total. The first-order chi connectivity index (χ1) is 12.2. The van der Waals surface area contributed by atoms with E-state index in [1.54, 1.807) is 23.7 Å². The fourth-order valence-electron chi connectivity index (χ4n) is 2.66. The average molecular weight is 360 g/mol. The molecule has 1 fully saturated rings. The van der Waals surface area contributed by atoms with E-state index >= 15 is 0 Å². The Morgan fingerprint density at radius 2 is 1.96 bits per heavy atom. The lowest BCUT2D eigenvalue weighted by molar-refractivity contribution is 0.370. The number of aliphatic imine (C=N–C) groups is 1. The van der Waals surface area contributed by atoms with Crippen LogP contribution in [0.5, 0.6) is 0 Å². The van der Waals surface area contributed by atoms with Crippen molar-refractivity contribution >= 4 is 28.4 Å². The Kier molecular flexibility index (Phi) is 5.64. The van der Waals surface area contributed by atoms with E-state index in [4.69, 9.17) is 0 Å².